The number of aromatic nitrogens is 2. The molecule has 0 aliphatic carbocycles. The van der Waals surface area contributed by atoms with Crippen molar-refractivity contribution in [3.63, 3.8) is 0 Å². The molecule has 2 fully saturated rings. The molecule has 15 heteroatoms. The van der Waals surface area contributed by atoms with E-state index in [1.54, 1.807) is 4.90 Å². The zero-order valence-electron chi connectivity index (χ0n) is 19.9. The standard InChI is InChI=1S/C23H25F7N6O2/c24-15-5-13(23(28,29)30)1-2-14(15)16-6-22(26,27)10-36(16)21-19(25)20(33-11-34-21)32-7-12-3-4-35(8-17(12)37)9-18(31)38/h1-2,5,11-12,16-17,37H,3-4,6-10H2,(H2,31,38)(H,32,33,34)/t12?,16-,17?/m1/s1. The largest absolute Gasteiger partial charge is 0.416 e. The topological polar surface area (TPSA) is 108 Å². The number of amides is 1. The SMILES string of the molecule is NC(=O)CN1CCC(CNc2ncnc(N3CC(F)(F)C[C@@H]3c3ccc(C(F)(F)F)cc3F)c2F)C(O)C1. The summed E-state index contributed by atoms with van der Waals surface area (Å²) in [7, 11) is 0. The van der Waals surface area contributed by atoms with Crippen LogP contribution in [0.15, 0.2) is 24.5 Å². The molecule has 2 aliphatic rings. The van der Waals surface area contributed by atoms with Gasteiger partial charge in [-0.25, -0.2) is 23.1 Å². The molecule has 2 aromatic rings. The lowest BCUT2D eigenvalue weighted by atomic mass is 9.93. The Hall–Kier alpha value is -3.20. The third kappa shape index (κ3) is 6.09. The molecule has 0 saturated carbocycles. The van der Waals surface area contributed by atoms with Gasteiger partial charge in [0.2, 0.25) is 11.7 Å². The minimum atomic E-state index is -4.83. The quantitative estimate of drug-likeness (QED) is 0.455. The Kier molecular flexibility index (Phi) is 7.70. The first-order chi connectivity index (χ1) is 17.7. The molecule has 2 unspecified atom stereocenters. The number of nitrogens with zero attached hydrogens (tertiary/aromatic N) is 4. The van der Waals surface area contributed by atoms with E-state index in [4.69, 9.17) is 5.73 Å². The molecule has 4 rings (SSSR count). The summed E-state index contributed by atoms with van der Waals surface area (Å²) < 4.78 is 97.7. The van der Waals surface area contributed by atoms with Crippen molar-refractivity contribution in [2.45, 2.75) is 37.1 Å². The molecule has 1 aromatic carbocycles. The van der Waals surface area contributed by atoms with Crippen molar-refractivity contribution in [3.8, 4) is 0 Å². The van der Waals surface area contributed by atoms with E-state index in [1.807, 2.05) is 0 Å². The minimum Gasteiger partial charge on any atom is -0.391 e. The summed E-state index contributed by atoms with van der Waals surface area (Å²) in [6, 6.07) is 0.0755. The Morgan fingerprint density at radius 1 is 1.24 bits per heavy atom. The van der Waals surface area contributed by atoms with Gasteiger partial charge >= 0.3 is 6.18 Å². The van der Waals surface area contributed by atoms with Crippen LogP contribution in [0.1, 0.15) is 30.0 Å². The van der Waals surface area contributed by atoms with Gasteiger partial charge in [0.15, 0.2) is 11.6 Å². The molecule has 8 nitrogen and oxygen atoms in total. The fourth-order valence-corrected chi connectivity index (χ4v) is 4.85. The monoisotopic (exact) mass is 550 g/mol. The van der Waals surface area contributed by atoms with Crippen LogP contribution in [0.25, 0.3) is 0 Å². The zero-order chi connectivity index (χ0) is 27.8. The van der Waals surface area contributed by atoms with E-state index in [1.165, 1.54) is 0 Å². The van der Waals surface area contributed by atoms with Gasteiger partial charge in [0.05, 0.1) is 30.8 Å². The summed E-state index contributed by atoms with van der Waals surface area (Å²) >= 11 is 0. The molecule has 3 heterocycles. The fraction of sp³-hybridized carbons (Fsp3) is 0.522. The lowest BCUT2D eigenvalue weighted by Gasteiger charge is -2.35. The summed E-state index contributed by atoms with van der Waals surface area (Å²) in [5, 5.41) is 13.1. The second kappa shape index (κ2) is 10.5. The lowest BCUT2D eigenvalue weighted by molar-refractivity contribution is -0.137. The summed E-state index contributed by atoms with van der Waals surface area (Å²) in [5.74, 6) is -7.65. The van der Waals surface area contributed by atoms with Crippen molar-refractivity contribution in [1.29, 1.82) is 0 Å². The number of hydrogen-bond donors (Lipinski definition) is 3. The number of piperidine rings is 1. The molecule has 2 aliphatic heterocycles. The summed E-state index contributed by atoms with van der Waals surface area (Å²) in [4.78, 5) is 21.1. The van der Waals surface area contributed by atoms with Crippen LogP contribution in [0, 0.1) is 17.6 Å². The highest BCUT2D eigenvalue weighted by atomic mass is 19.4. The van der Waals surface area contributed by atoms with Crippen LogP contribution < -0.4 is 16.0 Å². The van der Waals surface area contributed by atoms with Crippen molar-refractivity contribution in [3.05, 3.63) is 47.3 Å². The molecule has 208 valence electrons. The number of rotatable bonds is 7. The fourth-order valence-electron chi connectivity index (χ4n) is 4.85. The number of nitrogens with one attached hydrogen (secondary N) is 1. The van der Waals surface area contributed by atoms with E-state index in [-0.39, 0.29) is 37.4 Å². The molecular formula is C23H25F7N6O2. The molecule has 38 heavy (non-hydrogen) atoms. The van der Waals surface area contributed by atoms with Crippen LogP contribution >= 0.6 is 0 Å². The summed E-state index contributed by atoms with van der Waals surface area (Å²) in [6.07, 6.45) is -5.27. The molecule has 2 saturated heterocycles. The van der Waals surface area contributed by atoms with Crippen LogP contribution in [-0.4, -0.2) is 70.6 Å². The number of hydrogen-bond acceptors (Lipinski definition) is 7. The molecule has 1 amide bonds. The second-order valence-electron chi connectivity index (χ2n) is 9.50. The second-order valence-corrected chi connectivity index (χ2v) is 9.50. The lowest BCUT2D eigenvalue weighted by Crippen LogP contribution is -2.48. The molecule has 4 N–H and O–H groups in total. The van der Waals surface area contributed by atoms with Gasteiger partial charge in [-0.3, -0.25) is 9.69 Å². The van der Waals surface area contributed by atoms with Crippen LogP contribution in [0.5, 0.6) is 0 Å². The Morgan fingerprint density at radius 2 is 1.97 bits per heavy atom. The molecule has 3 atom stereocenters. The molecular weight excluding hydrogens is 525 g/mol. The predicted molar refractivity (Wildman–Crippen MR) is 121 cm³/mol. The maximum Gasteiger partial charge on any atom is 0.416 e. The van der Waals surface area contributed by atoms with Crippen molar-refractivity contribution in [2.24, 2.45) is 11.7 Å². The Morgan fingerprint density at radius 3 is 2.61 bits per heavy atom. The number of alkyl halides is 5. The summed E-state index contributed by atoms with van der Waals surface area (Å²) in [6.45, 7) is -0.347. The van der Waals surface area contributed by atoms with Gasteiger partial charge in [-0.1, -0.05) is 6.07 Å². The highest BCUT2D eigenvalue weighted by Crippen LogP contribution is 2.45. The molecule has 0 spiro atoms. The number of likely N-dealkylation sites (tertiary alicyclic amines) is 1. The van der Waals surface area contributed by atoms with Crippen molar-refractivity contribution < 1.29 is 40.6 Å². The zero-order valence-corrected chi connectivity index (χ0v) is 19.9. The Balaban J connectivity index is 1.53. The first-order valence-electron chi connectivity index (χ1n) is 11.7. The highest BCUT2D eigenvalue weighted by Gasteiger charge is 2.48. The van der Waals surface area contributed by atoms with Crippen LogP contribution in [-0.2, 0) is 11.0 Å². The number of carbonyl (C=O) groups excluding carboxylic acids is 1. The number of primary amides is 1. The van der Waals surface area contributed by atoms with Crippen molar-refractivity contribution in [1.82, 2.24) is 14.9 Å². The molecule has 1 aromatic heterocycles. The average molecular weight is 550 g/mol. The van der Waals surface area contributed by atoms with Crippen LogP contribution in [0.4, 0.5) is 42.4 Å². The minimum absolute atomic E-state index is 0.0116. The smallest absolute Gasteiger partial charge is 0.391 e. The van der Waals surface area contributed by atoms with Gasteiger partial charge in [0.25, 0.3) is 5.92 Å². The normalized spacial score (nSPS) is 24.0. The summed E-state index contributed by atoms with van der Waals surface area (Å²) in [5.41, 5.74) is 3.44. The van der Waals surface area contributed by atoms with E-state index in [2.05, 4.69) is 15.3 Å². The number of anilines is 2. The van der Waals surface area contributed by atoms with Gasteiger partial charge in [-0.2, -0.15) is 17.6 Å². The van der Waals surface area contributed by atoms with E-state index >= 15 is 4.39 Å². The highest BCUT2D eigenvalue weighted by molar-refractivity contribution is 5.75. The van der Waals surface area contributed by atoms with E-state index in [9.17, 15) is 36.2 Å². The van der Waals surface area contributed by atoms with Gasteiger partial charge in [0.1, 0.15) is 12.1 Å². The Labute approximate surface area is 212 Å². The first-order valence-corrected chi connectivity index (χ1v) is 11.7. The third-order valence-corrected chi connectivity index (χ3v) is 6.72. The van der Waals surface area contributed by atoms with Crippen LogP contribution in [0.3, 0.4) is 0 Å². The van der Waals surface area contributed by atoms with Crippen molar-refractivity contribution in [2.75, 3.05) is 42.9 Å². The maximum atomic E-state index is 15.4. The number of benzene rings is 1. The van der Waals surface area contributed by atoms with E-state index in [0.29, 0.717) is 19.0 Å². The number of carbonyl (C=O) groups is 1. The predicted octanol–water partition coefficient (Wildman–Crippen LogP) is 2.94. The molecule has 0 bridgehead atoms. The third-order valence-electron chi connectivity index (χ3n) is 6.72. The van der Waals surface area contributed by atoms with Crippen LogP contribution in [0.2, 0.25) is 0 Å². The number of nitrogens with two attached hydrogens (primary N) is 1. The van der Waals surface area contributed by atoms with Gasteiger partial charge in [-0.05, 0) is 25.1 Å². The number of aliphatic hydroxyl groups excluding tert-OH is 1. The van der Waals surface area contributed by atoms with Gasteiger partial charge in [-0.15, -0.1) is 0 Å². The Bertz CT molecular complexity index is 1180. The maximum absolute atomic E-state index is 15.4. The number of β-amino-alcohol motifs (C(OH)–C–C–N with tert-alkyl or cyclic N) is 1. The van der Waals surface area contributed by atoms with Gasteiger partial charge < -0.3 is 21.1 Å². The van der Waals surface area contributed by atoms with E-state index in [0.717, 1.165) is 17.3 Å². The number of aliphatic hydroxyl groups is 1. The number of halogens is 7. The first kappa shape index (κ1) is 27.8. The molecule has 0 radical (unpaired) electrons. The van der Waals surface area contributed by atoms with Crippen molar-refractivity contribution >= 4 is 17.5 Å². The van der Waals surface area contributed by atoms with E-state index < -0.39 is 71.7 Å². The van der Waals surface area contributed by atoms with Gasteiger partial charge in [0, 0.05) is 31.0 Å². The average Bonchev–Trinajstić information content (AvgIpc) is 3.13.